The molecule has 6 heteroatoms. The van der Waals surface area contributed by atoms with Crippen LogP contribution in [0.25, 0.3) is 5.76 Å². The SMILES string of the molecule is CCOC(=O)C(=O)/C=C/C=C(\[O-])c1ccc(OC)cc1.[Na+]. The summed E-state index contributed by atoms with van der Waals surface area (Å²) in [7, 11) is 1.53. The fourth-order valence-corrected chi connectivity index (χ4v) is 1.34. The van der Waals surface area contributed by atoms with Gasteiger partial charge in [0.15, 0.2) is 0 Å². The van der Waals surface area contributed by atoms with Gasteiger partial charge in [-0.15, -0.1) is 5.76 Å². The van der Waals surface area contributed by atoms with Crippen molar-refractivity contribution in [1.29, 1.82) is 0 Å². The quantitative estimate of drug-likeness (QED) is 0.153. The molecule has 0 radical (unpaired) electrons. The van der Waals surface area contributed by atoms with E-state index in [0.717, 1.165) is 6.08 Å². The van der Waals surface area contributed by atoms with E-state index in [0.29, 0.717) is 11.3 Å². The van der Waals surface area contributed by atoms with Crippen LogP contribution in [0, 0.1) is 0 Å². The molecule has 106 valence electrons. The first kappa shape index (κ1) is 19.4. The van der Waals surface area contributed by atoms with Crippen molar-refractivity contribution in [3.05, 3.63) is 48.1 Å². The van der Waals surface area contributed by atoms with Gasteiger partial charge < -0.3 is 14.6 Å². The molecule has 0 saturated carbocycles. The summed E-state index contributed by atoms with van der Waals surface area (Å²) in [4.78, 5) is 22.2. The van der Waals surface area contributed by atoms with Crippen LogP contribution in [0.2, 0.25) is 0 Å². The van der Waals surface area contributed by atoms with E-state index in [1.54, 1.807) is 31.2 Å². The fraction of sp³-hybridized carbons (Fsp3) is 0.200. The first-order valence-corrected chi connectivity index (χ1v) is 5.99. The van der Waals surface area contributed by atoms with Crippen LogP contribution >= 0.6 is 0 Å². The minimum Gasteiger partial charge on any atom is -0.872 e. The summed E-state index contributed by atoms with van der Waals surface area (Å²) in [6.07, 6.45) is 3.43. The maximum Gasteiger partial charge on any atom is 1.00 e. The maximum atomic E-state index is 11.7. The molecule has 0 amide bonds. The van der Waals surface area contributed by atoms with E-state index in [2.05, 4.69) is 4.74 Å². The third-order valence-corrected chi connectivity index (χ3v) is 2.35. The van der Waals surface area contributed by atoms with E-state index in [9.17, 15) is 14.7 Å². The predicted molar refractivity (Wildman–Crippen MR) is 71.8 cm³/mol. The summed E-state index contributed by atoms with van der Waals surface area (Å²) in [5, 5.41) is 11.7. The van der Waals surface area contributed by atoms with Gasteiger partial charge in [-0.05, 0) is 30.7 Å². The number of hydrogen-bond acceptors (Lipinski definition) is 5. The molecule has 0 aliphatic rings. The van der Waals surface area contributed by atoms with E-state index >= 15 is 0 Å². The molecule has 21 heavy (non-hydrogen) atoms. The molecule has 0 fully saturated rings. The molecule has 0 heterocycles. The molecular formula is C15H15NaO5. The number of ether oxygens (including phenoxy) is 2. The van der Waals surface area contributed by atoms with Gasteiger partial charge in [0.25, 0.3) is 5.78 Å². The topological polar surface area (TPSA) is 75.7 Å². The van der Waals surface area contributed by atoms with Gasteiger partial charge in [0, 0.05) is 0 Å². The summed E-state index contributed by atoms with van der Waals surface area (Å²) >= 11 is 0. The number of allylic oxidation sites excluding steroid dienone is 2. The largest absolute Gasteiger partial charge is 1.00 e. The summed E-state index contributed by atoms with van der Waals surface area (Å²) in [5.74, 6) is -1.37. The third kappa shape index (κ3) is 6.62. The summed E-state index contributed by atoms with van der Waals surface area (Å²) in [5.41, 5.74) is 0.457. The number of carbonyl (C=O) groups is 2. The molecule has 0 bridgehead atoms. The van der Waals surface area contributed by atoms with Crippen LogP contribution < -0.4 is 39.4 Å². The van der Waals surface area contributed by atoms with Crippen LogP contribution in [0.5, 0.6) is 5.75 Å². The Bertz CT molecular complexity index is 531. The van der Waals surface area contributed by atoms with Crippen molar-refractivity contribution < 1.29 is 53.7 Å². The molecule has 0 saturated heterocycles. The molecule has 0 N–H and O–H groups in total. The number of benzene rings is 1. The zero-order valence-electron chi connectivity index (χ0n) is 12.3. The molecule has 0 aromatic heterocycles. The van der Waals surface area contributed by atoms with Crippen LogP contribution in [0.1, 0.15) is 12.5 Å². The van der Waals surface area contributed by atoms with Crippen molar-refractivity contribution in [2.45, 2.75) is 6.92 Å². The second kappa shape index (κ2) is 10.2. The number of esters is 1. The number of carbonyl (C=O) groups excluding carboxylic acids is 2. The van der Waals surface area contributed by atoms with Crippen LogP contribution in [-0.2, 0) is 14.3 Å². The average Bonchev–Trinajstić information content (AvgIpc) is 2.47. The van der Waals surface area contributed by atoms with Crippen LogP contribution in [0.4, 0.5) is 0 Å². The first-order valence-electron chi connectivity index (χ1n) is 5.99. The number of ketones is 1. The summed E-state index contributed by atoms with van der Waals surface area (Å²) in [6.45, 7) is 1.74. The van der Waals surface area contributed by atoms with Gasteiger partial charge in [-0.2, -0.15) is 0 Å². The Balaban J connectivity index is 0.00000400. The molecule has 0 aliphatic heterocycles. The Morgan fingerprint density at radius 1 is 1.24 bits per heavy atom. The predicted octanol–water partition coefficient (Wildman–Crippen LogP) is -1.91. The molecule has 0 spiro atoms. The van der Waals surface area contributed by atoms with Crippen molar-refractivity contribution in [3.63, 3.8) is 0 Å². The van der Waals surface area contributed by atoms with E-state index < -0.39 is 11.8 Å². The van der Waals surface area contributed by atoms with Gasteiger partial charge in [-0.3, -0.25) is 4.79 Å². The molecule has 0 atom stereocenters. The van der Waals surface area contributed by atoms with Crippen molar-refractivity contribution >= 4 is 17.5 Å². The van der Waals surface area contributed by atoms with Gasteiger partial charge >= 0.3 is 35.5 Å². The minimum absolute atomic E-state index is 0. The first-order chi connectivity index (χ1) is 9.58. The molecule has 1 aromatic carbocycles. The van der Waals surface area contributed by atoms with Crippen LogP contribution in [0.15, 0.2) is 42.5 Å². The van der Waals surface area contributed by atoms with Gasteiger partial charge in [-0.25, -0.2) is 4.79 Å². The molecule has 5 nitrogen and oxygen atoms in total. The van der Waals surface area contributed by atoms with Crippen LogP contribution in [0.3, 0.4) is 0 Å². The molecule has 1 rings (SSSR count). The summed E-state index contributed by atoms with van der Waals surface area (Å²) < 4.78 is 9.50. The fourth-order valence-electron chi connectivity index (χ4n) is 1.34. The van der Waals surface area contributed by atoms with Gasteiger partial charge in [-0.1, -0.05) is 24.3 Å². The smallest absolute Gasteiger partial charge is 0.872 e. The second-order valence-electron chi connectivity index (χ2n) is 3.70. The molecule has 0 unspecified atom stereocenters. The Morgan fingerprint density at radius 2 is 1.86 bits per heavy atom. The van der Waals surface area contributed by atoms with E-state index in [1.807, 2.05) is 0 Å². The standard InChI is InChI=1S/C15H16O5.Na/c1-3-20-15(18)14(17)6-4-5-13(16)11-7-9-12(19-2)10-8-11;/h4-10,16H,3H2,1-2H3;/q;+1/p-1/b6-4+,13-5-;. The zero-order valence-corrected chi connectivity index (χ0v) is 14.3. The van der Waals surface area contributed by atoms with Gasteiger partial charge in [0.05, 0.1) is 13.7 Å². The molecular weight excluding hydrogens is 283 g/mol. The minimum atomic E-state index is -0.936. The van der Waals surface area contributed by atoms with Crippen molar-refractivity contribution in [1.82, 2.24) is 0 Å². The van der Waals surface area contributed by atoms with Crippen molar-refractivity contribution in [2.75, 3.05) is 13.7 Å². The van der Waals surface area contributed by atoms with Crippen molar-refractivity contribution in [3.8, 4) is 5.75 Å². The number of methoxy groups -OCH3 is 1. The van der Waals surface area contributed by atoms with Gasteiger partial charge in [0.1, 0.15) is 5.75 Å². The second-order valence-corrected chi connectivity index (χ2v) is 3.70. The Labute approximate surface area is 145 Å². The number of rotatable bonds is 6. The Morgan fingerprint density at radius 3 is 2.38 bits per heavy atom. The number of hydrogen-bond donors (Lipinski definition) is 0. The third-order valence-electron chi connectivity index (χ3n) is 2.35. The van der Waals surface area contributed by atoms with E-state index in [1.165, 1.54) is 19.3 Å². The van der Waals surface area contributed by atoms with Gasteiger partial charge in [0.2, 0.25) is 0 Å². The normalized spacial score (nSPS) is 10.9. The maximum absolute atomic E-state index is 11.7. The van der Waals surface area contributed by atoms with E-state index in [4.69, 9.17) is 4.74 Å². The monoisotopic (exact) mass is 298 g/mol. The Kier molecular flexibility index (Phi) is 9.45. The Hall–Kier alpha value is -1.56. The van der Waals surface area contributed by atoms with Crippen LogP contribution in [-0.4, -0.2) is 25.5 Å². The summed E-state index contributed by atoms with van der Waals surface area (Å²) in [6, 6.07) is 6.54. The average molecular weight is 298 g/mol. The zero-order chi connectivity index (χ0) is 15.0. The molecule has 1 aromatic rings. The van der Waals surface area contributed by atoms with Crippen molar-refractivity contribution in [2.24, 2.45) is 0 Å². The molecule has 0 aliphatic carbocycles. The van der Waals surface area contributed by atoms with E-state index in [-0.39, 0.29) is 41.9 Å².